The molecule has 6 heteroatoms. The van der Waals surface area contributed by atoms with Gasteiger partial charge in [0, 0.05) is 11.6 Å². The van der Waals surface area contributed by atoms with Crippen LogP contribution in [0.2, 0.25) is 0 Å². The Morgan fingerprint density at radius 1 is 1.13 bits per heavy atom. The summed E-state index contributed by atoms with van der Waals surface area (Å²) in [5, 5.41) is 0.683. The second kappa shape index (κ2) is 4.59. The number of rotatable bonds is 1. The molecule has 4 nitrogen and oxygen atoms in total. The van der Waals surface area contributed by atoms with Gasteiger partial charge in [-0.25, -0.2) is 0 Å². The molecule has 0 bridgehead atoms. The van der Waals surface area contributed by atoms with E-state index in [0.717, 1.165) is 0 Å². The van der Waals surface area contributed by atoms with Gasteiger partial charge in [0.05, 0.1) is 5.52 Å². The minimum atomic E-state index is -4.19. The van der Waals surface area contributed by atoms with E-state index in [1.54, 1.807) is 24.3 Å². The molecule has 15 heavy (non-hydrogen) atoms. The van der Waals surface area contributed by atoms with Crippen LogP contribution in [-0.2, 0) is 10.1 Å². The Kier molecular flexibility index (Phi) is 3.86. The topological polar surface area (TPSA) is 67.3 Å². The first-order valence-electron chi connectivity index (χ1n) is 3.90. The molecule has 0 spiro atoms. The summed E-state index contributed by atoms with van der Waals surface area (Å²) in [7, 11) is -4.19. The molecule has 1 N–H and O–H groups in total. The maximum absolute atomic E-state index is 11.0. The molecular weight excluding hydrogens is 225 g/mol. The zero-order valence-electron chi connectivity index (χ0n) is 7.08. The minimum absolute atomic E-state index is 0. The molecule has 1 heterocycles. The van der Waals surface area contributed by atoms with Gasteiger partial charge in [-0.15, -0.1) is 0 Å². The van der Waals surface area contributed by atoms with Crippen LogP contribution in [0.15, 0.2) is 41.4 Å². The maximum atomic E-state index is 11.0. The van der Waals surface area contributed by atoms with Crippen molar-refractivity contribution in [1.29, 1.82) is 0 Å². The van der Waals surface area contributed by atoms with Crippen molar-refractivity contribution in [3.63, 3.8) is 0 Å². The van der Waals surface area contributed by atoms with Crippen LogP contribution in [-0.4, -0.2) is 47.5 Å². The van der Waals surface area contributed by atoms with Gasteiger partial charge >= 0.3 is 29.6 Å². The number of nitrogens with zero attached hydrogens (tertiary/aromatic N) is 1. The van der Waals surface area contributed by atoms with Crippen molar-refractivity contribution >= 4 is 50.6 Å². The normalized spacial score (nSPS) is 11.0. The molecule has 1 aromatic heterocycles. The number of para-hydroxylation sites is 1. The van der Waals surface area contributed by atoms with Gasteiger partial charge < -0.3 is 0 Å². The predicted molar refractivity (Wildman–Crippen MR) is 58.7 cm³/mol. The monoisotopic (exact) mass is 233 g/mol. The third-order valence-corrected chi connectivity index (χ3v) is 2.76. The van der Waals surface area contributed by atoms with Crippen LogP contribution in [0.3, 0.4) is 0 Å². The van der Waals surface area contributed by atoms with Gasteiger partial charge in [-0.05, 0) is 12.1 Å². The van der Waals surface area contributed by atoms with Crippen LogP contribution in [0.25, 0.3) is 10.9 Å². The summed E-state index contributed by atoms with van der Waals surface area (Å²) >= 11 is 0. The number of pyridine rings is 1. The van der Waals surface area contributed by atoms with Crippen molar-refractivity contribution in [2.75, 3.05) is 0 Å². The van der Waals surface area contributed by atoms with E-state index in [9.17, 15) is 8.42 Å². The van der Waals surface area contributed by atoms with E-state index in [-0.39, 0.29) is 40.0 Å². The number of hydrogen-bond donors (Lipinski definition) is 1. The average molecular weight is 233 g/mol. The average Bonchev–Trinajstić information content (AvgIpc) is 2.15. The van der Waals surface area contributed by atoms with Gasteiger partial charge in [0.2, 0.25) is 0 Å². The Hall–Kier alpha value is -0.460. The number of aromatic nitrogens is 1. The third-order valence-electron chi connectivity index (χ3n) is 1.87. The van der Waals surface area contributed by atoms with Crippen LogP contribution < -0.4 is 0 Å². The zero-order chi connectivity index (χ0) is 10.2. The summed E-state index contributed by atoms with van der Waals surface area (Å²) in [5.74, 6) is 0. The van der Waals surface area contributed by atoms with Crippen LogP contribution >= 0.6 is 0 Å². The summed E-state index contributed by atoms with van der Waals surface area (Å²) < 4.78 is 30.8. The molecule has 0 fully saturated rings. The first kappa shape index (κ1) is 12.6. The molecule has 1 aromatic carbocycles. The summed E-state index contributed by atoms with van der Waals surface area (Å²) in [6.45, 7) is 0. The van der Waals surface area contributed by atoms with Crippen molar-refractivity contribution < 1.29 is 13.0 Å². The zero-order valence-corrected chi connectivity index (χ0v) is 7.90. The van der Waals surface area contributed by atoms with Crippen molar-refractivity contribution in [2.45, 2.75) is 4.90 Å². The summed E-state index contributed by atoms with van der Waals surface area (Å²) in [4.78, 5) is 3.75. The van der Waals surface area contributed by atoms with Gasteiger partial charge in [0.25, 0.3) is 10.1 Å². The molecule has 0 aliphatic heterocycles. The molecule has 0 saturated heterocycles. The molecule has 0 radical (unpaired) electrons. The standard InChI is InChI=1S/C9H7NO3S.Na.H/c11-14(12,13)8-5-1-3-7-4-2-6-10-9(7)8;;/h1-6H,(H,11,12,13);;. The van der Waals surface area contributed by atoms with Gasteiger partial charge in [0.1, 0.15) is 4.90 Å². The first-order chi connectivity index (χ1) is 6.59. The van der Waals surface area contributed by atoms with Crippen LogP contribution in [0, 0.1) is 0 Å². The van der Waals surface area contributed by atoms with Crippen LogP contribution in [0.4, 0.5) is 0 Å². The molecule has 2 rings (SSSR count). The van der Waals surface area contributed by atoms with Gasteiger partial charge in [-0.3, -0.25) is 9.54 Å². The fraction of sp³-hybridized carbons (Fsp3) is 0. The van der Waals surface area contributed by atoms with E-state index < -0.39 is 10.1 Å². The van der Waals surface area contributed by atoms with Crippen molar-refractivity contribution in [1.82, 2.24) is 4.98 Å². The van der Waals surface area contributed by atoms with Gasteiger partial charge in [0.15, 0.2) is 0 Å². The van der Waals surface area contributed by atoms with Gasteiger partial charge in [-0.2, -0.15) is 8.42 Å². The van der Waals surface area contributed by atoms with E-state index >= 15 is 0 Å². The molecule has 0 unspecified atom stereocenters. The van der Waals surface area contributed by atoms with Crippen molar-refractivity contribution in [3.8, 4) is 0 Å². The SMILES string of the molecule is O=S(=O)(O)c1cccc2cccnc12.[NaH]. The second-order valence-corrected chi connectivity index (χ2v) is 4.20. The molecule has 0 aliphatic rings. The Balaban J connectivity index is 0.00000112. The van der Waals surface area contributed by atoms with E-state index in [1.165, 1.54) is 12.3 Å². The number of fused-ring (bicyclic) bond motifs is 1. The molecule has 0 amide bonds. The Labute approximate surface area is 109 Å². The van der Waals surface area contributed by atoms with Gasteiger partial charge in [-0.1, -0.05) is 18.2 Å². The van der Waals surface area contributed by atoms with E-state index in [2.05, 4.69) is 4.98 Å². The predicted octanol–water partition coefficient (Wildman–Crippen LogP) is 0.833. The molecule has 74 valence electrons. The number of hydrogen-bond acceptors (Lipinski definition) is 3. The van der Waals surface area contributed by atoms with Crippen molar-refractivity contribution in [2.24, 2.45) is 0 Å². The Morgan fingerprint density at radius 2 is 1.80 bits per heavy atom. The van der Waals surface area contributed by atoms with Crippen LogP contribution in [0.1, 0.15) is 0 Å². The molecule has 0 aliphatic carbocycles. The third kappa shape index (κ3) is 2.56. The fourth-order valence-corrected chi connectivity index (χ4v) is 1.95. The van der Waals surface area contributed by atoms with Crippen molar-refractivity contribution in [3.05, 3.63) is 36.5 Å². The van der Waals surface area contributed by atoms with E-state index in [1.807, 2.05) is 0 Å². The molecule has 0 atom stereocenters. The summed E-state index contributed by atoms with van der Waals surface area (Å²) in [6, 6.07) is 8.06. The fourth-order valence-electron chi connectivity index (χ4n) is 1.28. The van der Waals surface area contributed by atoms with E-state index in [4.69, 9.17) is 4.55 Å². The molecule has 0 saturated carbocycles. The summed E-state index contributed by atoms with van der Waals surface area (Å²) in [5.41, 5.74) is 0.289. The Bertz CT molecular complexity index is 577. The summed E-state index contributed by atoms with van der Waals surface area (Å²) in [6.07, 6.45) is 1.48. The van der Waals surface area contributed by atoms with E-state index in [0.29, 0.717) is 5.39 Å². The quantitative estimate of drug-likeness (QED) is 0.585. The first-order valence-corrected chi connectivity index (χ1v) is 5.34. The van der Waals surface area contributed by atoms with Crippen LogP contribution in [0.5, 0.6) is 0 Å². The second-order valence-electron chi connectivity index (χ2n) is 2.81. The molecule has 2 aromatic rings. The molecular formula is C9H8NNaO3S. The number of benzene rings is 1. The Morgan fingerprint density at radius 3 is 2.47 bits per heavy atom.